The van der Waals surface area contributed by atoms with Gasteiger partial charge in [0.05, 0.1) is 15.9 Å². The normalized spacial score (nSPS) is 10.6. The smallest absolute Gasteiger partial charge is 0.269 e. The Kier molecular flexibility index (Phi) is 5.77. The molecule has 21 heavy (non-hydrogen) atoms. The van der Waals surface area contributed by atoms with Gasteiger partial charge in [-0.25, -0.2) is 13.1 Å². The number of nitrogens with zero attached hydrogens (tertiary/aromatic N) is 2. The molecule has 0 spiro atoms. The number of carbonyl (C=O) groups is 1. The minimum Gasteiger partial charge on any atom is -0.343 e. The molecule has 0 fully saturated rings. The number of benzene rings is 1. The van der Waals surface area contributed by atoms with Gasteiger partial charge in [-0.15, -0.1) is 0 Å². The third-order valence-corrected chi connectivity index (χ3v) is 3.84. The zero-order valence-corrected chi connectivity index (χ0v) is 11.6. The van der Waals surface area contributed by atoms with E-state index in [1.807, 2.05) is 0 Å². The van der Waals surface area contributed by atoms with E-state index in [0.717, 1.165) is 24.3 Å². The Morgan fingerprint density at radius 1 is 1.33 bits per heavy atom. The molecule has 0 saturated carbocycles. The van der Waals surface area contributed by atoms with Crippen molar-refractivity contribution in [2.75, 3.05) is 13.1 Å². The lowest BCUT2D eigenvalue weighted by Crippen LogP contribution is -2.30. The lowest BCUT2D eigenvalue weighted by Gasteiger charge is -2.06. The average Bonchev–Trinajstić information content (AvgIpc) is 2.45. The zero-order valence-electron chi connectivity index (χ0n) is 10.8. The summed E-state index contributed by atoms with van der Waals surface area (Å²) < 4.78 is 25.9. The Balaban J connectivity index is 2.59. The van der Waals surface area contributed by atoms with E-state index < -0.39 is 20.9 Å². The van der Waals surface area contributed by atoms with Crippen LogP contribution in [0.2, 0.25) is 0 Å². The van der Waals surface area contributed by atoms with Crippen LogP contribution < -0.4 is 10.0 Å². The molecule has 0 aliphatic rings. The molecule has 0 atom stereocenters. The number of nitro groups is 1. The Bertz CT molecular complexity index is 663. The number of rotatable bonds is 7. The van der Waals surface area contributed by atoms with Gasteiger partial charge >= 0.3 is 0 Å². The molecule has 1 aromatic rings. The van der Waals surface area contributed by atoms with E-state index >= 15 is 0 Å². The van der Waals surface area contributed by atoms with Crippen molar-refractivity contribution in [2.24, 2.45) is 0 Å². The highest BCUT2D eigenvalue weighted by atomic mass is 32.2. The second-order valence-corrected chi connectivity index (χ2v) is 5.60. The fraction of sp³-hybridized carbons (Fsp3) is 0.273. The number of carbonyl (C=O) groups excluding carboxylic acids is 1. The van der Waals surface area contributed by atoms with Gasteiger partial charge in [-0.05, 0) is 12.1 Å². The molecule has 0 aliphatic heterocycles. The summed E-state index contributed by atoms with van der Waals surface area (Å²) in [6.45, 7) is -0.287. The van der Waals surface area contributed by atoms with Gasteiger partial charge in [0, 0.05) is 25.1 Å². The number of hydrogen-bond acceptors (Lipinski definition) is 6. The van der Waals surface area contributed by atoms with Crippen molar-refractivity contribution >= 4 is 21.6 Å². The first-order valence-corrected chi connectivity index (χ1v) is 7.23. The topological polar surface area (TPSA) is 142 Å². The quantitative estimate of drug-likeness (QED) is 0.409. The van der Waals surface area contributed by atoms with Crippen LogP contribution in [0.1, 0.15) is 6.42 Å². The van der Waals surface area contributed by atoms with Crippen molar-refractivity contribution in [2.45, 2.75) is 11.3 Å². The van der Waals surface area contributed by atoms with E-state index in [2.05, 4.69) is 10.0 Å². The van der Waals surface area contributed by atoms with Crippen molar-refractivity contribution in [3.05, 3.63) is 34.4 Å². The van der Waals surface area contributed by atoms with E-state index in [1.54, 1.807) is 6.07 Å². The van der Waals surface area contributed by atoms with Gasteiger partial charge < -0.3 is 5.32 Å². The number of nitriles is 1. The van der Waals surface area contributed by atoms with Crippen molar-refractivity contribution in [1.82, 2.24) is 10.0 Å². The largest absolute Gasteiger partial charge is 0.343 e. The Morgan fingerprint density at radius 3 is 2.48 bits per heavy atom. The molecule has 0 aromatic heterocycles. The first-order chi connectivity index (χ1) is 9.86. The third-order valence-electron chi connectivity index (χ3n) is 2.37. The summed E-state index contributed by atoms with van der Waals surface area (Å²) in [5.74, 6) is -0.456. The van der Waals surface area contributed by atoms with Gasteiger partial charge in [0.15, 0.2) is 0 Å². The van der Waals surface area contributed by atoms with Crippen LogP contribution in [0.15, 0.2) is 29.2 Å². The minimum absolute atomic E-state index is 0.117. The van der Waals surface area contributed by atoms with Gasteiger partial charge in [-0.3, -0.25) is 14.9 Å². The molecular weight excluding hydrogens is 300 g/mol. The van der Waals surface area contributed by atoms with Crippen molar-refractivity contribution in [3.8, 4) is 6.07 Å². The summed E-state index contributed by atoms with van der Waals surface area (Å²) in [4.78, 5) is 20.9. The Hall–Kier alpha value is -2.51. The van der Waals surface area contributed by atoms with Crippen molar-refractivity contribution in [1.29, 1.82) is 5.26 Å². The monoisotopic (exact) mass is 312 g/mol. The number of sulfonamides is 1. The summed E-state index contributed by atoms with van der Waals surface area (Å²) in [5.41, 5.74) is -0.218. The number of non-ortho nitro benzene ring substituents is 1. The van der Waals surface area contributed by atoms with Crippen LogP contribution in [0.3, 0.4) is 0 Å². The predicted octanol–water partition coefficient (Wildman–Crippen LogP) is -0.0970. The van der Waals surface area contributed by atoms with E-state index in [9.17, 15) is 23.3 Å². The molecule has 1 rings (SSSR count). The van der Waals surface area contributed by atoms with Crippen LogP contribution in [-0.2, 0) is 14.8 Å². The summed E-state index contributed by atoms with van der Waals surface area (Å²) >= 11 is 0. The van der Waals surface area contributed by atoms with Crippen LogP contribution in [0, 0.1) is 21.4 Å². The highest BCUT2D eigenvalue weighted by molar-refractivity contribution is 7.89. The molecular formula is C11H12N4O5S. The Labute approximate surface area is 120 Å². The van der Waals surface area contributed by atoms with Crippen LogP contribution in [0.5, 0.6) is 0 Å². The molecule has 0 bridgehead atoms. The second kappa shape index (κ2) is 7.32. The first-order valence-electron chi connectivity index (χ1n) is 5.74. The standard InChI is InChI=1S/C11H12N4O5S/c12-6-8-13-11(16)5-7-14-21(19,20)10-3-1-9(2-4-10)15(17)18/h1-4,14H,5,7-8H2,(H,13,16). The molecule has 112 valence electrons. The number of hydrogen-bond donors (Lipinski definition) is 2. The number of nitrogens with one attached hydrogen (secondary N) is 2. The molecule has 0 saturated heterocycles. The van der Waals surface area contributed by atoms with E-state index in [-0.39, 0.29) is 30.1 Å². The fourth-order valence-corrected chi connectivity index (χ4v) is 2.39. The number of amides is 1. The molecule has 10 heteroatoms. The van der Waals surface area contributed by atoms with Crippen LogP contribution in [-0.4, -0.2) is 32.3 Å². The SMILES string of the molecule is N#CCNC(=O)CCNS(=O)(=O)c1ccc([N+](=O)[O-])cc1. The number of nitro benzene ring substituents is 1. The van der Waals surface area contributed by atoms with E-state index in [1.165, 1.54) is 0 Å². The zero-order chi connectivity index (χ0) is 15.9. The highest BCUT2D eigenvalue weighted by Gasteiger charge is 2.15. The maximum Gasteiger partial charge on any atom is 0.269 e. The predicted molar refractivity (Wildman–Crippen MR) is 71.5 cm³/mol. The molecule has 0 radical (unpaired) electrons. The molecule has 0 heterocycles. The summed E-state index contributed by atoms with van der Waals surface area (Å²) in [6, 6.07) is 6.09. The summed E-state index contributed by atoms with van der Waals surface area (Å²) in [5, 5.41) is 21.0. The highest BCUT2D eigenvalue weighted by Crippen LogP contribution is 2.15. The van der Waals surface area contributed by atoms with Gasteiger partial charge in [-0.1, -0.05) is 0 Å². The first kappa shape index (κ1) is 16.5. The third kappa shape index (κ3) is 5.17. The van der Waals surface area contributed by atoms with Crippen molar-refractivity contribution < 1.29 is 18.1 Å². The van der Waals surface area contributed by atoms with Crippen LogP contribution in [0.4, 0.5) is 5.69 Å². The van der Waals surface area contributed by atoms with Gasteiger partial charge in [0.2, 0.25) is 15.9 Å². The molecule has 9 nitrogen and oxygen atoms in total. The van der Waals surface area contributed by atoms with Crippen molar-refractivity contribution in [3.63, 3.8) is 0 Å². The van der Waals surface area contributed by atoms with Gasteiger partial charge in [-0.2, -0.15) is 5.26 Å². The van der Waals surface area contributed by atoms with Gasteiger partial charge in [0.25, 0.3) is 5.69 Å². The van der Waals surface area contributed by atoms with Gasteiger partial charge in [0.1, 0.15) is 6.54 Å². The van der Waals surface area contributed by atoms with Crippen LogP contribution >= 0.6 is 0 Å². The van der Waals surface area contributed by atoms with Crippen LogP contribution in [0.25, 0.3) is 0 Å². The maximum absolute atomic E-state index is 11.8. The van der Waals surface area contributed by atoms with E-state index in [4.69, 9.17) is 5.26 Å². The second-order valence-electron chi connectivity index (χ2n) is 3.83. The average molecular weight is 312 g/mol. The Morgan fingerprint density at radius 2 is 1.95 bits per heavy atom. The van der Waals surface area contributed by atoms with E-state index in [0.29, 0.717) is 0 Å². The maximum atomic E-state index is 11.8. The summed E-state index contributed by atoms with van der Waals surface area (Å²) in [7, 11) is -3.84. The molecule has 0 aliphatic carbocycles. The molecule has 1 aromatic carbocycles. The molecule has 0 unspecified atom stereocenters. The molecule has 1 amide bonds. The fourth-order valence-electron chi connectivity index (χ4n) is 1.36. The minimum atomic E-state index is -3.84. The summed E-state index contributed by atoms with van der Waals surface area (Å²) in [6.07, 6.45) is -0.117. The molecule has 2 N–H and O–H groups in total. The lowest BCUT2D eigenvalue weighted by atomic mass is 10.3. The lowest BCUT2D eigenvalue weighted by molar-refractivity contribution is -0.384.